The Balaban J connectivity index is 1.60. The van der Waals surface area contributed by atoms with E-state index in [0.717, 1.165) is 18.4 Å². The van der Waals surface area contributed by atoms with Crippen molar-refractivity contribution in [3.05, 3.63) is 70.1 Å². The Bertz CT molecular complexity index is 973. The maximum Gasteiger partial charge on any atom is 0.326 e. The number of benzene rings is 2. The molecule has 5 nitrogen and oxygen atoms in total. The van der Waals surface area contributed by atoms with Crippen LogP contribution in [0.5, 0.6) is 0 Å². The monoisotopic (exact) mass is 339 g/mol. The molecule has 0 saturated heterocycles. The van der Waals surface area contributed by atoms with Gasteiger partial charge in [0.25, 0.3) is 5.91 Å². The minimum atomic E-state index is -0.695. The summed E-state index contributed by atoms with van der Waals surface area (Å²) in [5.74, 6) is -0.367. The molecule has 2 aromatic carbocycles. The summed E-state index contributed by atoms with van der Waals surface area (Å²) in [6.45, 7) is -0.688. The van der Waals surface area contributed by atoms with Gasteiger partial charge in [0, 0.05) is 11.6 Å². The van der Waals surface area contributed by atoms with Gasteiger partial charge in [0.15, 0.2) is 0 Å². The lowest BCUT2D eigenvalue weighted by Gasteiger charge is -2.16. The zero-order valence-corrected chi connectivity index (χ0v) is 13.5. The number of amides is 1. The number of imidazole rings is 1. The van der Waals surface area contributed by atoms with Crippen molar-refractivity contribution in [1.29, 1.82) is 0 Å². The van der Waals surface area contributed by atoms with Gasteiger partial charge in [-0.05, 0) is 36.6 Å². The highest BCUT2D eigenvalue weighted by Gasteiger charge is 2.27. The zero-order valence-electron chi connectivity index (χ0n) is 13.5. The summed E-state index contributed by atoms with van der Waals surface area (Å²) in [6, 6.07) is 13.7. The summed E-state index contributed by atoms with van der Waals surface area (Å²) < 4.78 is 15.1. The molecule has 4 rings (SSSR count). The molecule has 1 atom stereocenters. The first-order valence-electron chi connectivity index (χ1n) is 8.33. The zero-order chi connectivity index (χ0) is 17.4. The second-order valence-corrected chi connectivity index (χ2v) is 6.35. The first kappa shape index (κ1) is 15.6. The molecule has 3 aromatic rings. The highest BCUT2D eigenvalue weighted by atomic mass is 19.1. The Morgan fingerprint density at radius 3 is 2.68 bits per heavy atom. The number of nitrogens with zero attached hydrogens (tertiary/aromatic N) is 1. The number of carbonyl (C=O) groups is 1. The van der Waals surface area contributed by atoms with Crippen LogP contribution in [0, 0.1) is 0 Å². The Labute approximate surface area is 143 Å². The van der Waals surface area contributed by atoms with Crippen LogP contribution in [0.25, 0.3) is 11.0 Å². The lowest BCUT2D eigenvalue weighted by atomic mass is 10.1. The van der Waals surface area contributed by atoms with E-state index < -0.39 is 12.7 Å². The highest BCUT2D eigenvalue weighted by molar-refractivity contribution is 5.97. The van der Waals surface area contributed by atoms with Gasteiger partial charge in [-0.2, -0.15) is 0 Å². The van der Waals surface area contributed by atoms with Crippen LogP contribution in [0.4, 0.5) is 4.39 Å². The van der Waals surface area contributed by atoms with Gasteiger partial charge in [-0.3, -0.25) is 9.36 Å². The molecule has 128 valence electrons. The van der Waals surface area contributed by atoms with E-state index in [4.69, 9.17) is 0 Å². The number of hydrogen-bond acceptors (Lipinski definition) is 2. The number of nitrogens with one attached hydrogen (secondary N) is 2. The van der Waals surface area contributed by atoms with Crippen molar-refractivity contribution in [2.24, 2.45) is 0 Å². The third kappa shape index (κ3) is 2.95. The van der Waals surface area contributed by atoms with Crippen LogP contribution >= 0.6 is 0 Å². The molecule has 1 unspecified atom stereocenters. The number of aromatic nitrogens is 2. The molecule has 1 heterocycles. The van der Waals surface area contributed by atoms with Crippen molar-refractivity contribution in [1.82, 2.24) is 14.9 Å². The number of hydrogen-bond donors (Lipinski definition) is 2. The molecule has 1 aromatic heterocycles. The Morgan fingerprint density at radius 1 is 1.24 bits per heavy atom. The van der Waals surface area contributed by atoms with Crippen LogP contribution < -0.4 is 11.0 Å². The molecular formula is C19H18FN3O2. The summed E-state index contributed by atoms with van der Waals surface area (Å²) in [7, 11) is 0. The fourth-order valence-electron chi connectivity index (χ4n) is 3.11. The predicted molar refractivity (Wildman–Crippen MR) is 93.5 cm³/mol. The van der Waals surface area contributed by atoms with Crippen LogP contribution in [0.3, 0.4) is 0 Å². The fourth-order valence-corrected chi connectivity index (χ4v) is 3.11. The van der Waals surface area contributed by atoms with Gasteiger partial charge in [0.1, 0.15) is 6.67 Å². The van der Waals surface area contributed by atoms with Crippen molar-refractivity contribution in [2.75, 3.05) is 6.67 Å². The highest BCUT2D eigenvalue weighted by Crippen LogP contribution is 2.35. The average Bonchev–Trinajstić information content (AvgIpc) is 3.41. The number of alkyl halides is 1. The Morgan fingerprint density at radius 2 is 2.00 bits per heavy atom. The lowest BCUT2D eigenvalue weighted by Crippen LogP contribution is -2.29. The molecule has 25 heavy (non-hydrogen) atoms. The molecule has 1 amide bonds. The van der Waals surface area contributed by atoms with Crippen LogP contribution in [0.1, 0.15) is 40.8 Å². The molecule has 1 aliphatic rings. The van der Waals surface area contributed by atoms with Crippen molar-refractivity contribution in [3.63, 3.8) is 0 Å². The third-order valence-corrected chi connectivity index (χ3v) is 4.55. The number of halogens is 1. The molecule has 1 fully saturated rings. The molecule has 0 radical (unpaired) electrons. The van der Waals surface area contributed by atoms with Gasteiger partial charge in [-0.1, -0.05) is 30.3 Å². The number of carbonyl (C=O) groups excluding carboxylic acids is 1. The summed E-state index contributed by atoms with van der Waals surface area (Å²) in [5, 5.41) is 2.71. The van der Waals surface area contributed by atoms with E-state index in [9.17, 15) is 14.0 Å². The molecule has 2 N–H and O–H groups in total. The molecule has 0 aliphatic heterocycles. The molecular weight excluding hydrogens is 321 g/mol. The van der Waals surface area contributed by atoms with Crippen LogP contribution in [0.15, 0.2) is 53.3 Å². The molecule has 1 saturated carbocycles. The number of aromatic amines is 1. The van der Waals surface area contributed by atoms with Gasteiger partial charge in [-0.15, -0.1) is 0 Å². The van der Waals surface area contributed by atoms with Crippen LogP contribution in [-0.4, -0.2) is 22.1 Å². The van der Waals surface area contributed by atoms with E-state index in [0.29, 0.717) is 16.6 Å². The summed E-state index contributed by atoms with van der Waals surface area (Å²) in [4.78, 5) is 27.4. The Hall–Kier alpha value is -2.89. The van der Waals surface area contributed by atoms with Crippen molar-refractivity contribution in [3.8, 4) is 0 Å². The SMILES string of the molecule is O=C(NC(CF)c1ccccc1)c1ccc2c(c1)[nH]c(=O)n2C1CC1. The van der Waals surface area contributed by atoms with E-state index in [1.54, 1.807) is 34.9 Å². The van der Waals surface area contributed by atoms with Gasteiger partial charge >= 0.3 is 5.69 Å². The quantitative estimate of drug-likeness (QED) is 0.750. The summed E-state index contributed by atoms with van der Waals surface area (Å²) in [5.41, 5.74) is 2.38. The minimum absolute atomic E-state index is 0.152. The molecule has 1 aliphatic carbocycles. The third-order valence-electron chi connectivity index (χ3n) is 4.55. The lowest BCUT2D eigenvalue weighted by molar-refractivity contribution is 0.0930. The van der Waals surface area contributed by atoms with E-state index in [1.807, 2.05) is 18.2 Å². The number of rotatable bonds is 5. The minimum Gasteiger partial charge on any atom is -0.343 e. The maximum atomic E-state index is 13.4. The second-order valence-electron chi connectivity index (χ2n) is 6.35. The first-order valence-corrected chi connectivity index (χ1v) is 8.33. The van der Waals surface area contributed by atoms with Crippen molar-refractivity contribution in [2.45, 2.75) is 24.9 Å². The second kappa shape index (κ2) is 6.20. The van der Waals surface area contributed by atoms with Gasteiger partial charge in [0.05, 0.1) is 17.1 Å². The van der Waals surface area contributed by atoms with Crippen molar-refractivity contribution < 1.29 is 9.18 Å². The largest absolute Gasteiger partial charge is 0.343 e. The van der Waals surface area contributed by atoms with Gasteiger partial charge in [0.2, 0.25) is 0 Å². The molecule has 0 bridgehead atoms. The van der Waals surface area contributed by atoms with E-state index in [1.165, 1.54) is 0 Å². The van der Waals surface area contributed by atoms with Gasteiger partial charge in [-0.25, -0.2) is 9.18 Å². The topological polar surface area (TPSA) is 66.9 Å². The van der Waals surface area contributed by atoms with Crippen molar-refractivity contribution >= 4 is 16.9 Å². The normalized spacial score (nSPS) is 15.2. The van der Waals surface area contributed by atoms with E-state index in [2.05, 4.69) is 10.3 Å². The maximum absolute atomic E-state index is 13.4. The van der Waals surface area contributed by atoms with Gasteiger partial charge < -0.3 is 10.3 Å². The number of H-pyrrole nitrogens is 1. The molecule has 0 spiro atoms. The average molecular weight is 339 g/mol. The smallest absolute Gasteiger partial charge is 0.326 e. The van der Waals surface area contributed by atoms with Crippen LogP contribution in [0.2, 0.25) is 0 Å². The summed E-state index contributed by atoms with van der Waals surface area (Å²) >= 11 is 0. The first-order chi connectivity index (χ1) is 12.2. The Kier molecular flexibility index (Phi) is 3.87. The van der Waals surface area contributed by atoms with E-state index >= 15 is 0 Å². The predicted octanol–water partition coefficient (Wildman–Crippen LogP) is 3.11. The molecule has 6 heteroatoms. The standard InChI is InChI=1S/C19H18FN3O2/c20-11-16(12-4-2-1-3-5-12)21-18(24)13-6-9-17-15(10-13)22-19(25)23(17)14-7-8-14/h1-6,9-10,14,16H,7-8,11H2,(H,21,24)(H,22,25). The van der Waals surface area contributed by atoms with Crippen LogP contribution in [-0.2, 0) is 0 Å². The number of fused-ring (bicyclic) bond motifs is 1. The van der Waals surface area contributed by atoms with E-state index in [-0.39, 0.29) is 17.6 Å². The fraction of sp³-hybridized carbons (Fsp3) is 0.263. The summed E-state index contributed by atoms with van der Waals surface area (Å²) in [6.07, 6.45) is 2.01.